The van der Waals surface area contributed by atoms with E-state index in [4.69, 9.17) is 0 Å². The molecule has 0 atom stereocenters. The van der Waals surface area contributed by atoms with Gasteiger partial charge in [-0.05, 0) is 42.9 Å². The molecule has 25 heavy (non-hydrogen) atoms. The predicted molar refractivity (Wildman–Crippen MR) is 103 cm³/mol. The average molecular weight is 345 g/mol. The van der Waals surface area contributed by atoms with Gasteiger partial charge in [-0.2, -0.15) is 0 Å². The summed E-state index contributed by atoms with van der Waals surface area (Å²) in [5.74, 6) is -0.1000. The number of hydrogen-bond donors (Lipinski definition) is 2. The van der Waals surface area contributed by atoms with Crippen LogP contribution in [-0.4, -0.2) is 31.4 Å². The minimum atomic E-state index is -0.0735. The summed E-state index contributed by atoms with van der Waals surface area (Å²) >= 11 is 0. The van der Waals surface area contributed by atoms with E-state index in [1.54, 1.807) is 6.07 Å². The second-order valence-corrected chi connectivity index (χ2v) is 7.97. The van der Waals surface area contributed by atoms with Crippen molar-refractivity contribution in [3.63, 3.8) is 0 Å². The number of benzene rings is 1. The Labute approximate surface area is 151 Å². The van der Waals surface area contributed by atoms with Crippen LogP contribution in [0.15, 0.2) is 18.2 Å². The summed E-state index contributed by atoms with van der Waals surface area (Å²) in [4.78, 5) is 27.0. The lowest BCUT2D eigenvalue weighted by molar-refractivity contribution is -0.117. The van der Waals surface area contributed by atoms with E-state index in [0.717, 1.165) is 38.0 Å². The van der Waals surface area contributed by atoms with Crippen molar-refractivity contribution in [2.24, 2.45) is 5.41 Å². The molecule has 1 fully saturated rings. The van der Waals surface area contributed by atoms with Gasteiger partial charge in [-0.25, -0.2) is 0 Å². The summed E-state index contributed by atoms with van der Waals surface area (Å²) in [6.07, 6.45) is 3.64. The molecule has 0 unspecified atom stereocenters. The standard InChI is InChI=1S/C20H31N3O2/c1-5-10-21-19(25)16-13-15(22-18(24)14-20(2,3)4)8-9-17(16)23-11-6-7-12-23/h8-9,13H,5-7,10-12,14H2,1-4H3,(H,21,25)(H,22,24). The first-order valence-electron chi connectivity index (χ1n) is 9.27. The maximum Gasteiger partial charge on any atom is 0.253 e. The molecule has 0 spiro atoms. The van der Waals surface area contributed by atoms with E-state index in [9.17, 15) is 9.59 Å². The molecule has 0 radical (unpaired) electrons. The van der Waals surface area contributed by atoms with Crippen LogP contribution in [0, 0.1) is 5.41 Å². The van der Waals surface area contributed by atoms with E-state index in [-0.39, 0.29) is 17.2 Å². The summed E-state index contributed by atoms with van der Waals surface area (Å²) in [7, 11) is 0. The van der Waals surface area contributed by atoms with Crippen LogP contribution < -0.4 is 15.5 Å². The van der Waals surface area contributed by atoms with Crippen molar-refractivity contribution in [2.75, 3.05) is 29.9 Å². The molecule has 1 aromatic carbocycles. The third kappa shape index (κ3) is 5.76. The summed E-state index contributed by atoms with van der Waals surface area (Å²) in [6, 6.07) is 5.66. The molecule has 0 bridgehead atoms. The Morgan fingerprint density at radius 1 is 1.16 bits per heavy atom. The molecule has 2 rings (SSSR count). The minimum Gasteiger partial charge on any atom is -0.371 e. The van der Waals surface area contributed by atoms with E-state index in [1.807, 2.05) is 39.8 Å². The van der Waals surface area contributed by atoms with Gasteiger partial charge in [0.05, 0.1) is 5.56 Å². The molecule has 2 amide bonds. The van der Waals surface area contributed by atoms with Crippen LogP contribution >= 0.6 is 0 Å². The van der Waals surface area contributed by atoms with Gasteiger partial charge in [0.25, 0.3) is 5.91 Å². The highest BCUT2D eigenvalue weighted by Crippen LogP contribution is 2.28. The Morgan fingerprint density at radius 2 is 1.84 bits per heavy atom. The maximum atomic E-state index is 12.6. The SMILES string of the molecule is CCCNC(=O)c1cc(NC(=O)CC(C)(C)C)ccc1N1CCCC1. The highest BCUT2D eigenvalue weighted by Gasteiger charge is 2.21. The van der Waals surface area contributed by atoms with Gasteiger partial charge < -0.3 is 15.5 Å². The summed E-state index contributed by atoms with van der Waals surface area (Å²) < 4.78 is 0. The van der Waals surface area contributed by atoms with Gasteiger partial charge in [-0.15, -0.1) is 0 Å². The second-order valence-electron chi connectivity index (χ2n) is 7.97. The molecule has 2 N–H and O–H groups in total. The first-order valence-corrected chi connectivity index (χ1v) is 9.27. The van der Waals surface area contributed by atoms with Crippen LogP contribution in [0.1, 0.15) is 63.7 Å². The number of nitrogens with one attached hydrogen (secondary N) is 2. The molecule has 0 aliphatic carbocycles. The summed E-state index contributed by atoms with van der Waals surface area (Å²) in [5.41, 5.74) is 2.21. The smallest absolute Gasteiger partial charge is 0.253 e. The van der Waals surface area contributed by atoms with E-state index < -0.39 is 0 Å². The fourth-order valence-electron chi connectivity index (χ4n) is 3.05. The Kier molecular flexibility index (Phi) is 6.45. The van der Waals surface area contributed by atoms with Crippen molar-refractivity contribution in [1.82, 2.24) is 5.32 Å². The van der Waals surface area contributed by atoms with Gasteiger partial charge in [0.2, 0.25) is 5.91 Å². The van der Waals surface area contributed by atoms with Crippen molar-refractivity contribution >= 4 is 23.2 Å². The van der Waals surface area contributed by atoms with Crippen LogP contribution in [-0.2, 0) is 4.79 Å². The fraction of sp³-hybridized carbons (Fsp3) is 0.600. The molecule has 5 heteroatoms. The van der Waals surface area contributed by atoms with Crippen LogP contribution in [0.4, 0.5) is 11.4 Å². The van der Waals surface area contributed by atoms with Crippen molar-refractivity contribution in [3.05, 3.63) is 23.8 Å². The molecule has 1 saturated heterocycles. The largest absolute Gasteiger partial charge is 0.371 e. The highest BCUT2D eigenvalue weighted by molar-refractivity contribution is 6.02. The monoisotopic (exact) mass is 345 g/mol. The number of amides is 2. The number of carbonyl (C=O) groups is 2. The van der Waals surface area contributed by atoms with Crippen LogP contribution in [0.5, 0.6) is 0 Å². The zero-order valence-electron chi connectivity index (χ0n) is 15.9. The van der Waals surface area contributed by atoms with Gasteiger partial charge in [-0.3, -0.25) is 9.59 Å². The lowest BCUT2D eigenvalue weighted by Gasteiger charge is -2.22. The lowest BCUT2D eigenvalue weighted by atomic mass is 9.92. The molecule has 1 aliphatic heterocycles. The summed E-state index contributed by atoms with van der Waals surface area (Å²) in [5, 5.41) is 5.88. The molecule has 0 aromatic heterocycles. The molecule has 138 valence electrons. The Morgan fingerprint density at radius 3 is 2.44 bits per heavy atom. The first-order chi connectivity index (χ1) is 11.8. The minimum absolute atomic E-state index is 0.0265. The number of anilines is 2. The average Bonchev–Trinajstić information content (AvgIpc) is 3.04. The molecule has 5 nitrogen and oxygen atoms in total. The van der Waals surface area contributed by atoms with Crippen LogP contribution in [0.3, 0.4) is 0 Å². The zero-order valence-corrected chi connectivity index (χ0v) is 15.9. The first kappa shape index (κ1) is 19.3. The van der Waals surface area contributed by atoms with Gasteiger partial charge in [-0.1, -0.05) is 27.7 Å². The van der Waals surface area contributed by atoms with Gasteiger partial charge in [0, 0.05) is 37.4 Å². The molecule has 0 saturated carbocycles. The lowest BCUT2D eigenvalue weighted by Crippen LogP contribution is -2.28. The van der Waals surface area contributed by atoms with Crippen molar-refractivity contribution in [2.45, 2.75) is 53.4 Å². The van der Waals surface area contributed by atoms with E-state index in [1.165, 1.54) is 0 Å². The fourth-order valence-corrected chi connectivity index (χ4v) is 3.05. The van der Waals surface area contributed by atoms with Crippen molar-refractivity contribution < 1.29 is 9.59 Å². The van der Waals surface area contributed by atoms with Gasteiger partial charge in [0.15, 0.2) is 0 Å². The van der Waals surface area contributed by atoms with Gasteiger partial charge in [0.1, 0.15) is 0 Å². The third-order valence-electron chi connectivity index (χ3n) is 4.20. The van der Waals surface area contributed by atoms with Crippen molar-refractivity contribution in [1.29, 1.82) is 0 Å². The Bertz CT molecular complexity index is 614. The van der Waals surface area contributed by atoms with Crippen LogP contribution in [0.2, 0.25) is 0 Å². The van der Waals surface area contributed by atoms with E-state index in [0.29, 0.717) is 24.2 Å². The molecule has 1 aliphatic rings. The summed E-state index contributed by atoms with van der Waals surface area (Å²) in [6.45, 7) is 10.7. The predicted octanol–water partition coefficient (Wildman–Crippen LogP) is 3.80. The molecule has 1 aromatic rings. The van der Waals surface area contributed by atoms with Crippen LogP contribution in [0.25, 0.3) is 0 Å². The highest BCUT2D eigenvalue weighted by atomic mass is 16.2. The number of carbonyl (C=O) groups excluding carboxylic acids is 2. The van der Waals surface area contributed by atoms with Crippen molar-refractivity contribution in [3.8, 4) is 0 Å². The second kappa shape index (κ2) is 8.37. The normalized spacial score (nSPS) is 14.5. The van der Waals surface area contributed by atoms with E-state index in [2.05, 4.69) is 15.5 Å². The maximum absolute atomic E-state index is 12.6. The Balaban J connectivity index is 2.22. The van der Waals surface area contributed by atoms with Gasteiger partial charge >= 0.3 is 0 Å². The topological polar surface area (TPSA) is 61.4 Å². The molecular weight excluding hydrogens is 314 g/mol. The number of nitrogens with zero attached hydrogens (tertiary/aromatic N) is 1. The molecule has 1 heterocycles. The van der Waals surface area contributed by atoms with E-state index >= 15 is 0 Å². The quantitative estimate of drug-likeness (QED) is 0.824. The number of hydrogen-bond acceptors (Lipinski definition) is 3. The Hall–Kier alpha value is -2.04. The third-order valence-corrected chi connectivity index (χ3v) is 4.20. The zero-order chi connectivity index (χ0) is 18.4. The number of rotatable bonds is 6. The molecular formula is C20H31N3O2.